The van der Waals surface area contributed by atoms with E-state index in [-0.39, 0.29) is 17.3 Å². The summed E-state index contributed by atoms with van der Waals surface area (Å²) in [5.41, 5.74) is 6.02. The number of aromatic nitrogens is 1. The van der Waals surface area contributed by atoms with Crippen molar-refractivity contribution in [1.82, 2.24) is 9.27 Å². The topological polar surface area (TPSA) is 62.7 Å². The molecular formula is C28H29N3O3S. The van der Waals surface area contributed by atoms with Crippen LogP contribution in [0.4, 0.5) is 5.00 Å². The van der Waals surface area contributed by atoms with Crippen molar-refractivity contribution in [3.8, 4) is 11.3 Å². The first-order chi connectivity index (χ1) is 17.0. The number of fused-ring (bicyclic) bond motifs is 1. The van der Waals surface area contributed by atoms with E-state index < -0.39 is 0 Å². The van der Waals surface area contributed by atoms with Crippen molar-refractivity contribution in [3.63, 3.8) is 0 Å². The molecule has 1 aromatic heterocycles. The third kappa shape index (κ3) is 3.96. The Bertz CT molecular complexity index is 1280. The van der Waals surface area contributed by atoms with Crippen molar-refractivity contribution < 1.29 is 14.3 Å². The van der Waals surface area contributed by atoms with E-state index in [0.717, 1.165) is 73.7 Å². The second kappa shape index (κ2) is 8.88. The fraction of sp³-hybridized carbons (Fsp3) is 0.393. The standard InChI is InChI=1S/C28H29N3O3S/c1-19-20(7-8-22-23(19)18-34-26(22)32)9-13-30-14-10-28(11-15-30)12-16-31(27(28)33)25-17-24(29-35-25)21-5-3-2-4-6-21/h2-8,17H,9-16,18H2,1H3. The van der Waals surface area contributed by atoms with Crippen LogP contribution in [0.2, 0.25) is 0 Å². The Labute approximate surface area is 209 Å². The van der Waals surface area contributed by atoms with E-state index in [2.05, 4.69) is 40.5 Å². The molecule has 3 aliphatic heterocycles. The minimum atomic E-state index is -0.228. The summed E-state index contributed by atoms with van der Waals surface area (Å²) in [6.45, 7) is 6.13. The molecule has 180 valence electrons. The number of nitrogens with zero attached hydrogens (tertiary/aromatic N) is 3. The van der Waals surface area contributed by atoms with Crippen molar-refractivity contribution in [3.05, 3.63) is 70.8 Å². The molecule has 0 unspecified atom stereocenters. The van der Waals surface area contributed by atoms with Gasteiger partial charge in [-0.2, -0.15) is 4.37 Å². The van der Waals surface area contributed by atoms with Gasteiger partial charge in [-0.15, -0.1) is 0 Å². The average Bonchev–Trinajstić information content (AvgIpc) is 3.60. The van der Waals surface area contributed by atoms with Gasteiger partial charge in [0.05, 0.1) is 16.7 Å². The number of carbonyl (C=O) groups is 2. The van der Waals surface area contributed by atoms with Gasteiger partial charge in [-0.25, -0.2) is 4.79 Å². The number of ether oxygens (including phenoxy) is 1. The van der Waals surface area contributed by atoms with Gasteiger partial charge in [0.2, 0.25) is 5.91 Å². The van der Waals surface area contributed by atoms with Gasteiger partial charge in [-0.05, 0) is 74.4 Å². The molecule has 2 saturated heterocycles. The van der Waals surface area contributed by atoms with Gasteiger partial charge in [-0.1, -0.05) is 36.4 Å². The molecule has 3 aliphatic rings. The normalized spacial score (nSPS) is 19.4. The minimum absolute atomic E-state index is 0.208. The van der Waals surface area contributed by atoms with E-state index in [4.69, 9.17) is 4.74 Å². The number of anilines is 1. The maximum atomic E-state index is 13.5. The lowest BCUT2D eigenvalue weighted by atomic mass is 9.77. The molecule has 0 aliphatic carbocycles. The van der Waals surface area contributed by atoms with E-state index in [1.807, 2.05) is 29.2 Å². The first kappa shape index (κ1) is 22.4. The van der Waals surface area contributed by atoms with Gasteiger partial charge < -0.3 is 14.5 Å². The number of esters is 1. The van der Waals surface area contributed by atoms with Crippen LogP contribution in [0.25, 0.3) is 11.3 Å². The lowest BCUT2D eigenvalue weighted by Gasteiger charge is -2.38. The van der Waals surface area contributed by atoms with Crippen LogP contribution in [-0.4, -0.2) is 47.3 Å². The molecular weight excluding hydrogens is 458 g/mol. The second-order valence-electron chi connectivity index (χ2n) is 9.95. The predicted molar refractivity (Wildman–Crippen MR) is 137 cm³/mol. The van der Waals surface area contributed by atoms with Crippen molar-refractivity contribution >= 4 is 28.4 Å². The second-order valence-corrected chi connectivity index (χ2v) is 10.7. The molecule has 0 atom stereocenters. The van der Waals surface area contributed by atoms with Crippen LogP contribution in [0.15, 0.2) is 48.5 Å². The van der Waals surface area contributed by atoms with Crippen molar-refractivity contribution in [1.29, 1.82) is 0 Å². The highest BCUT2D eigenvalue weighted by atomic mass is 32.1. The molecule has 6 nitrogen and oxygen atoms in total. The molecule has 2 fully saturated rings. The summed E-state index contributed by atoms with van der Waals surface area (Å²) in [6.07, 6.45) is 3.70. The van der Waals surface area contributed by atoms with Crippen LogP contribution in [0, 0.1) is 12.3 Å². The molecule has 1 spiro atoms. The fourth-order valence-electron chi connectivity index (χ4n) is 5.78. The lowest BCUT2D eigenvalue weighted by molar-refractivity contribution is -0.127. The molecule has 3 aromatic rings. The van der Waals surface area contributed by atoms with Crippen LogP contribution < -0.4 is 4.90 Å². The molecule has 1 amide bonds. The highest BCUT2D eigenvalue weighted by Crippen LogP contribution is 2.44. The molecule has 0 N–H and O–H groups in total. The zero-order valence-corrected chi connectivity index (χ0v) is 20.8. The molecule has 0 radical (unpaired) electrons. The lowest BCUT2D eigenvalue weighted by Crippen LogP contribution is -2.45. The van der Waals surface area contributed by atoms with E-state index in [1.54, 1.807) is 0 Å². The molecule has 7 heteroatoms. The number of piperidine rings is 1. The maximum Gasteiger partial charge on any atom is 0.338 e. The van der Waals surface area contributed by atoms with Crippen LogP contribution in [-0.2, 0) is 22.6 Å². The molecule has 0 bridgehead atoms. The van der Waals surface area contributed by atoms with E-state index in [9.17, 15) is 9.59 Å². The number of cyclic esters (lactones) is 1. The van der Waals surface area contributed by atoms with Crippen LogP contribution in [0.3, 0.4) is 0 Å². The van der Waals surface area contributed by atoms with Crippen molar-refractivity contribution in [2.75, 3.05) is 31.1 Å². The predicted octanol–water partition coefficient (Wildman–Crippen LogP) is 4.85. The maximum absolute atomic E-state index is 13.5. The molecule has 2 aromatic carbocycles. The number of benzene rings is 2. The monoisotopic (exact) mass is 487 g/mol. The summed E-state index contributed by atoms with van der Waals surface area (Å²) in [6, 6.07) is 16.2. The zero-order valence-electron chi connectivity index (χ0n) is 20.0. The fourth-order valence-corrected chi connectivity index (χ4v) is 6.57. The Balaban J connectivity index is 1.07. The van der Waals surface area contributed by atoms with E-state index in [0.29, 0.717) is 12.2 Å². The Hall–Kier alpha value is -3.03. The van der Waals surface area contributed by atoms with Crippen molar-refractivity contribution in [2.45, 2.75) is 39.2 Å². The van der Waals surface area contributed by atoms with Crippen LogP contribution in [0.5, 0.6) is 0 Å². The Morgan fingerprint density at radius 3 is 2.60 bits per heavy atom. The van der Waals surface area contributed by atoms with Gasteiger partial charge in [0.25, 0.3) is 0 Å². The van der Waals surface area contributed by atoms with E-state index >= 15 is 0 Å². The van der Waals surface area contributed by atoms with Gasteiger partial charge in [0, 0.05) is 30.3 Å². The van der Waals surface area contributed by atoms with Crippen molar-refractivity contribution in [2.24, 2.45) is 5.41 Å². The Morgan fingerprint density at radius 2 is 1.80 bits per heavy atom. The summed E-state index contributed by atoms with van der Waals surface area (Å²) in [5.74, 6) is 0.0698. The molecule has 35 heavy (non-hydrogen) atoms. The highest BCUT2D eigenvalue weighted by molar-refractivity contribution is 7.10. The van der Waals surface area contributed by atoms with Gasteiger partial charge in [0.15, 0.2) is 0 Å². The van der Waals surface area contributed by atoms with Gasteiger partial charge in [0.1, 0.15) is 11.6 Å². The van der Waals surface area contributed by atoms with Crippen LogP contribution in [0.1, 0.15) is 46.3 Å². The zero-order chi connectivity index (χ0) is 24.0. The minimum Gasteiger partial charge on any atom is -0.457 e. The Kier molecular flexibility index (Phi) is 5.69. The number of hydrogen-bond acceptors (Lipinski definition) is 6. The Morgan fingerprint density at radius 1 is 1.03 bits per heavy atom. The largest absolute Gasteiger partial charge is 0.457 e. The molecule has 4 heterocycles. The number of amides is 1. The summed E-state index contributed by atoms with van der Waals surface area (Å²) < 4.78 is 9.80. The molecule has 6 rings (SSSR count). The summed E-state index contributed by atoms with van der Waals surface area (Å²) >= 11 is 1.42. The summed E-state index contributed by atoms with van der Waals surface area (Å²) in [4.78, 5) is 29.8. The van der Waals surface area contributed by atoms with Crippen LogP contribution >= 0.6 is 11.5 Å². The third-order valence-electron chi connectivity index (χ3n) is 8.13. The first-order valence-corrected chi connectivity index (χ1v) is 13.2. The number of rotatable bonds is 5. The van der Waals surface area contributed by atoms with Gasteiger partial charge >= 0.3 is 5.97 Å². The summed E-state index contributed by atoms with van der Waals surface area (Å²) in [7, 11) is 0. The average molecular weight is 488 g/mol. The number of likely N-dealkylation sites (tertiary alicyclic amines) is 1. The molecule has 0 saturated carbocycles. The third-order valence-corrected chi connectivity index (χ3v) is 8.95. The smallest absolute Gasteiger partial charge is 0.338 e. The SMILES string of the molecule is Cc1c(CCN2CCC3(CC2)CCN(c2cc(-c4ccccc4)ns2)C3=O)ccc2c1COC2=O. The quantitative estimate of drug-likeness (QED) is 0.482. The number of carbonyl (C=O) groups excluding carboxylic acids is 2. The number of hydrogen-bond donors (Lipinski definition) is 0. The van der Waals surface area contributed by atoms with Gasteiger partial charge in [-0.3, -0.25) is 4.79 Å². The first-order valence-electron chi connectivity index (χ1n) is 12.4. The van der Waals surface area contributed by atoms with E-state index in [1.165, 1.54) is 22.7 Å². The summed E-state index contributed by atoms with van der Waals surface area (Å²) in [5, 5.41) is 0.961. The highest BCUT2D eigenvalue weighted by Gasteiger charge is 2.48.